The first kappa shape index (κ1) is 23.8. The van der Waals surface area contributed by atoms with E-state index < -0.39 is 8.07 Å². The van der Waals surface area contributed by atoms with Crippen LogP contribution in [-0.4, -0.2) is 40.2 Å². The fourth-order valence-electron chi connectivity index (χ4n) is 4.23. The number of carbonyl (C=O) groups excluding carboxylic acids is 1. The van der Waals surface area contributed by atoms with E-state index in [4.69, 9.17) is 21.4 Å². The van der Waals surface area contributed by atoms with Crippen LogP contribution in [0.4, 0.5) is 0 Å². The molecule has 0 unspecified atom stereocenters. The Kier molecular flexibility index (Phi) is 7.41. The van der Waals surface area contributed by atoms with E-state index in [1.807, 2.05) is 35.0 Å². The third-order valence-corrected chi connectivity index (χ3v) is 8.04. The number of nitrogens with zero attached hydrogens (tertiary/aromatic N) is 4. The lowest BCUT2D eigenvalue weighted by Crippen LogP contribution is -2.23. The van der Waals surface area contributed by atoms with Crippen molar-refractivity contribution in [1.82, 2.24) is 19.7 Å². The van der Waals surface area contributed by atoms with Gasteiger partial charge in [-0.15, -0.1) is 0 Å². The molecule has 6 nitrogen and oxygen atoms in total. The summed E-state index contributed by atoms with van der Waals surface area (Å²) in [4.78, 5) is 20.6. The molecule has 0 amide bonds. The van der Waals surface area contributed by atoms with Gasteiger partial charge in [-0.2, -0.15) is 5.10 Å². The van der Waals surface area contributed by atoms with Gasteiger partial charge < -0.3 is 4.74 Å². The van der Waals surface area contributed by atoms with Gasteiger partial charge >= 0.3 is 0 Å². The molecule has 8 heteroatoms. The highest BCUT2D eigenvalue weighted by atomic mass is 35.5. The van der Waals surface area contributed by atoms with Crippen molar-refractivity contribution in [2.75, 3.05) is 6.61 Å². The van der Waals surface area contributed by atoms with E-state index in [9.17, 15) is 4.79 Å². The normalized spacial score (nSPS) is 15.2. The van der Waals surface area contributed by atoms with Crippen molar-refractivity contribution in [2.24, 2.45) is 0 Å². The number of hydrogen-bond donors (Lipinski definition) is 0. The van der Waals surface area contributed by atoms with E-state index in [0.717, 1.165) is 53.7 Å². The summed E-state index contributed by atoms with van der Waals surface area (Å²) in [5.74, 6) is 0.562. The van der Waals surface area contributed by atoms with Crippen LogP contribution >= 0.6 is 11.6 Å². The molecule has 0 bridgehead atoms. The van der Waals surface area contributed by atoms with Crippen LogP contribution in [0.2, 0.25) is 30.7 Å². The molecule has 1 fully saturated rings. The predicted molar refractivity (Wildman–Crippen MR) is 134 cm³/mol. The maximum atomic E-state index is 12.0. The molecule has 0 saturated heterocycles. The lowest BCUT2D eigenvalue weighted by molar-refractivity contribution is -0.120. The topological polar surface area (TPSA) is 69.9 Å². The number of benzene rings is 1. The number of aromatic nitrogens is 4. The van der Waals surface area contributed by atoms with E-state index in [1.54, 1.807) is 12.5 Å². The minimum absolute atomic E-state index is 0.224. The molecule has 2 heterocycles. The maximum absolute atomic E-state index is 12.0. The second kappa shape index (κ2) is 10.3. The van der Waals surface area contributed by atoms with Crippen LogP contribution in [0.25, 0.3) is 22.5 Å². The molecule has 4 rings (SSSR count). The smallest absolute Gasteiger partial charge is 0.139 e. The fourth-order valence-corrected chi connectivity index (χ4v) is 5.11. The minimum Gasteiger partial charge on any atom is -0.360 e. The number of rotatable bonds is 8. The zero-order valence-electron chi connectivity index (χ0n) is 19.6. The lowest BCUT2D eigenvalue weighted by atomic mass is 9.83. The number of halogens is 1. The molecular weight excluding hydrogens is 452 g/mol. The molecule has 33 heavy (non-hydrogen) atoms. The first-order valence-corrected chi connectivity index (χ1v) is 15.6. The molecule has 0 N–H and O–H groups in total. The van der Waals surface area contributed by atoms with Gasteiger partial charge in [-0.3, -0.25) is 4.79 Å². The first-order valence-electron chi connectivity index (χ1n) is 11.5. The first-order chi connectivity index (χ1) is 15.8. The Hall–Kier alpha value is -2.35. The Balaban J connectivity index is 1.78. The quantitative estimate of drug-likeness (QED) is 0.282. The van der Waals surface area contributed by atoms with E-state index in [-0.39, 0.29) is 5.92 Å². The second-order valence-electron chi connectivity index (χ2n) is 9.87. The summed E-state index contributed by atoms with van der Waals surface area (Å²) < 4.78 is 8.11. The summed E-state index contributed by atoms with van der Waals surface area (Å²) in [7, 11) is -1.19. The third-order valence-electron chi connectivity index (χ3n) is 6.09. The molecule has 1 aliphatic carbocycles. The Bertz CT molecular complexity index is 1080. The molecule has 2 aromatic heterocycles. The number of Topliss-reactive ketones (excluding diaryl/α,β-unsaturated/α-hetero) is 1. The van der Waals surface area contributed by atoms with Crippen LogP contribution < -0.4 is 0 Å². The monoisotopic (exact) mass is 482 g/mol. The molecule has 174 valence electrons. The third kappa shape index (κ3) is 5.96. The molecule has 3 aromatic rings. The van der Waals surface area contributed by atoms with Crippen LogP contribution in [-0.2, 0) is 16.3 Å². The number of hydrogen-bond acceptors (Lipinski definition) is 5. The van der Waals surface area contributed by atoms with Crippen molar-refractivity contribution < 1.29 is 9.53 Å². The van der Waals surface area contributed by atoms with Crippen LogP contribution in [0.5, 0.6) is 0 Å². The second-order valence-corrected chi connectivity index (χ2v) is 15.9. The van der Waals surface area contributed by atoms with E-state index in [1.165, 1.54) is 0 Å². The van der Waals surface area contributed by atoms with Crippen LogP contribution in [0.15, 0.2) is 42.9 Å². The summed E-state index contributed by atoms with van der Waals surface area (Å²) in [5, 5.41) is 5.71. The number of carbonyl (C=O) groups is 1. The highest BCUT2D eigenvalue weighted by Gasteiger charge is 2.30. The van der Waals surface area contributed by atoms with Gasteiger partial charge in [0, 0.05) is 55.8 Å². The van der Waals surface area contributed by atoms with Crippen molar-refractivity contribution in [3.63, 3.8) is 0 Å². The number of ketones is 1. The molecule has 0 radical (unpaired) electrons. The van der Waals surface area contributed by atoms with Crippen molar-refractivity contribution >= 4 is 25.5 Å². The number of ether oxygens (including phenoxy) is 1. The van der Waals surface area contributed by atoms with Gasteiger partial charge in [0.05, 0.1) is 11.4 Å². The van der Waals surface area contributed by atoms with Gasteiger partial charge in [-0.05, 0) is 37.1 Å². The van der Waals surface area contributed by atoms with E-state index in [2.05, 4.69) is 29.6 Å². The average Bonchev–Trinajstić information content (AvgIpc) is 3.17. The van der Waals surface area contributed by atoms with Gasteiger partial charge in [-0.25, -0.2) is 14.6 Å². The van der Waals surface area contributed by atoms with Gasteiger partial charge in [0.25, 0.3) is 0 Å². The molecule has 0 aliphatic heterocycles. The Labute approximate surface area is 201 Å². The summed E-state index contributed by atoms with van der Waals surface area (Å²) in [6.07, 6.45) is 6.16. The molecule has 1 saturated carbocycles. The summed E-state index contributed by atoms with van der Waals surface area (Å²) in [6.45, 7) is 8.15. The zero-order chi connectivity index (χ0) is 23.4. The minimum atomic E-state index is -1.19. The highest BCUT2D eigenvalue weighted by Crippen LogP contribution is 2.42. The molecule has 1 aromatic carbocycles. The molecule has 0 atom stereocenters. The highest BCUT2D eigenvalue weighted by molar-refractivity contribution is 6.76. The SMILES string of the molecule is C[Si](C)(C)CCOCn1nc(-c2ccc(Cl)cc2)c(-c2ccncn2)c1C1CCC(=O)CC1. The largest absolute Gasteiger partial charge is 0.360 e. The Morgan fingerprint density at radius 2 is 1.85 bits per heavy atom. The molecule has 1 aliphatic rings. The zero-order valence-corrected chi connectivity index (χ0v) is 21.3. The average molecular weight is 483 g/mol. The standard InChI is InChI=1S/C25H31ClN4O2Si/c1-33(2,3)15-14-32-17-30-25(19-6-10-21(31)11-7-19)23(22-12-13-27-16-28-22)24(29-30)18-4-8-20(26)9-5-18/h4-5,8-9,12-13,16,19H,6-7,10-11,14-15,17H2,1-3H3. The van der Waals surface area contributed by atoms with Crippen molar-refractivity contribution in [3.05, 3.63) is 53.6 Å². The van der Waals surface area contributed by atoms with Gasteiger partial charge in [-0.1, -0.05) is 43.4 Å². The molecule has 0 spiro atoms. The van der Waals surface area contributed by atoms with Gasteiger partial charge in [0.15, 0.2) is 0 Å². The van der Waals surface area contributed by atoms with Crippen LogP contribution in [0.3, 0.4) is 0 Å². The Morgan fingerprint density at radius 1 is 1.12 bits per heavy atom. The summed E-state index contributed by atoms with van der Waals surface area (Å²) in [5.41, 5.74) is 4.75. The van der Waals surface area contributed by atoms with Crippen LogP contribution in [0, 0.1) is 0 Å². The van der Waals surface area contributed by atoms with Crippen molar-refractivity contribution in [2.45, 2.75) is 64.0 Å². The summed E-state index contributed by atoms with van der Waals surface area (Å²) >= 11 is 6.15. The van der Waals surface area contributed by atoms with Gasteiger partial charge in [0.1, 0.15) is 24.5 Å². The Morgan fingerprint density at radius 3 is 2.48 bits per heavy atom. The van der Waals surface area contributed by atoms with Crippen LogP contribution in [0.1, 0.15) is 37.3 Å². The van der Waals surface area contributed by atoms with E-state index >= 15 is 0 Å². The van der Waals surface area contributed by atoms with Crippen molar-refractivity contribution in [3.8, 4) is 22.5 Å². The van der Waals surface area contributed by atoms with Gasteiger partial charge in [0.2, 0.25) is 0 Å². The lowest BCUT2D eigenvalue weighted by Gasteiger charge is -2.24. The van der Waals surface area contributed by atoms with E-state index in [0.29, 0.717) is 30.4 Å². The predicted octanol–water partition coefficient (Wildman–Crippen LogP) is 6.20. The summed E-state index contributed by atoms with van der Waals surface area (Å²) in [6, 6.07) is 10.8. The fraction of sp³-hybridized carbons (Fsp3) is 0.440. The van der Waals surface area contributed by atoms with Crippen molar-refractivity contribution in [1.29, 1.82) is 0 Å². The molecular formula is C25H31ClN4O2Si. The maximum Gasteiger partial charge on any atom is 0.139 e.